The number of likely N-dealkylation sites (N-methyl/N-ethyl adjacent to an activating group) is 1. The van der Waals surface area contributed by atoms with Gasteiger partial charge in [0.2, 0.25) is 0 Å². The molecule has 112 valence electrons. The lowest BCUT2D eigenvalue weighted by atomic mass is 10.1. The standard InChI is InChI=1S/C14H17N3O4/c1-16(8-10(18)9-21-2)13-6-5-12(17(19)20)11-4-3-7-15-14(11)13/h3-7,10,18H,8-9H2,1-2H3. The summed E-state index contributed by atoms with van der Waals surface area (Å²) < 4.78 is 4.90. The summed E-state index contributed by atoms with van der Waals surface area (Å²) in [6, 6.07) is 6.44. The summed E-state index contributed by atoms with van der Waals surface area (Å²) in [6.45, 7) is 0.569. The van der Waals surface area contributed by atoms with Gasteiger partial charge in [0.1, 0.15) is 5.52 Å². The second kappa shape index (κ2) is 6.47. The van der Waals surface area contributed by atoms with Gasteiger partial charge in [-0.1, -0.05) is 0 Å². The third-order valence-electron chi connectivity index (χ3n) is 3.18. The molecule has 7 heteroatoms. The van der Waals surface area contributed by atoms with E-state index in [0.717, 1.165) is 5.69 Å². The van der Waals surface area contributed by atoms with Gasteiger partial charge in [0.25, 0.3) is 5.69 Å². The number of fused-ring (bicyclic) bond motifs is 1. The van der Waals surface area contributed by atoms with Crippen molar-refractivity contribution in [2.75, 3.05) is 32.2 Å². The van der Waals surface area contributed by atoms with Crippen molar-refractivity contribution in [1.82, 2.24) is 4.98 Å². The van der Waals surface area contributed by atoms with Crippen LogP contribution in [0.3, 0.4) is 0 Å². The number of nitro benzene ring substituents is 1. The summed E-state index contributed by atoms with van der Waals surface area (Å²) in [6.07, 6.45) is 0.948. The molecule has 0 amide bonds. The molecule has 0 radical (unpaired) electrons. The molecule has 0 saturated carbocycles. The Morgan fingerprint density at radius 3 is 2.90 bits per heavy atom. The zero-order chi connectivity index (χ0) is 15.4. The van der Waals surface area contributed by atoms with Crippen molar-refractivity contribution in [3.05, 3.63) is 40.6 Å². The molecule has 1 atom stereocenters. The number of non-ortho nitro benzene ring substituents is 1. The molecule has 0 fully saturated rings. The van der Waals surface area contributed by atoms with Gasteiger partial charge in [0.05, 0.1) is 28.7 Å². The average molecular weight is 291 g/mol. The van der Waals surface area contributed by atoms with Crippen molar-refractivity contribution in [2.45, 2.75) is 6.10 Å². The third kappa shape index (κ3) is 3.26. The molecule has 0 aliphatic rings. The number of hydrogen-bond donors (Lipinski definition) is 1. The highest BCUT2D eigenvalue weighted by Crippen LogP contribution is 2.31. The maximum atomic E-state index is 11.1. The highest BCUT2D eigenvalue weighted by atomic mass is 16.6. The summed E-state index contributed by atoms with van der Waals surface area (Å²) in [5.41, 5.74) is 1.29. The molecule has 21 heavy (non-hydrogen) atoms. The topological polar surface area (TPSA) is 88.7 Å². The van der Waals surface area contributed by atoms with Crippen molar-refractivity contribution in [3.63, 3.8) is 0 Å². The van der Waals surface area contributed by atoms with E-state index in [0.29, 0.717) is 17.4 Å². The number of pyridine rings is 1. The second-order valence-corrected chi connectivity index (χ2v) is 4.75. The molecule has 0 spiro atoms. The number of benzene rings is 1. The van der Waals surface area contributed by atoms with Crippen LogP contribution < -0.4 is 4.90 Å². The number of nitro groups is 1. The number of nitrogens with zero attached hydrogens (tertiary/aromatic N) is 3. The zero-order valence-corrected chi connectivity index (χ0v) is 11.9. The highest BCUT2D eigenvalue weighted by molar-refractivity contribution is 5.96. The summed E-state index contributed by atoms with van der Waals surface area (Å²) >= 11 is 0. The number of anilines is 1. The van der Waals surface area contributed by atoms with E-state index in [1.54, 1.807) is 31.4 Å². The first kappa shape index (κ1) is 15.1. The Morgan fingerprint density at radius 2 is 2.24 bits per heavy atom. The molecule has 0 aliphatic carbocycles. The number of ether oxygens (including phenoxy) is 1. The quantitative estimate of drug-likeness (QED) is 0.642. The minimum absolute atomic E-state index is 0.0210. The van der Waals surface area contributed by atoms with Gasteiger partial charge in [0.15, 0.2) is 0 Å². The van der Waals surface area contributed by atoms with Gasteiger partial charge in [-0.15, -0.1) is 0 Å². The van der Waals surface area contributed by atoms with Crippen molar-refractivity contribution >= 4 is 22.3 Å². The molecule has 1 aromatic heterocycles. The minimum atomic E-state index is -0.644. The monoisotopic (exact) mass is 291 g/mol. The average Bonchev–Trinajstić information content (AvgIpc) is 2.45. The molecule has 1 aromatic carbocycles. The van der Waals surface area contributed by atoms with Crippen LogP contribution >= 0.6 is 0 Å². The Labute approximate surface area is 121 Å². The van der Waals surface area contributed by atoms with E-state index in [2.05, 4.69) is 4.98 Å². The lowest BCUT2D eigenvalue weighted by Gasteiger charge is -2.23. The fourth-order valence-corrected chi connectivity index (χ4v) is 2.27. The van der Waals surface area contributed by atoms with Crippen LogP contribution in [0, 0.1) is 10.1 Å². The van der Waals surface area contributed by atoms with Crippen molar-refractivity contribution in [2.24, 2.45) is 0 Å². The van der Waals surface area contributed by atoms with E-state index in [1.807, 2.05) is 4.90 Å². The van der Waals surface area contributed by atoms with Crippen LogP contribution in [0.5, 0.6) is 0 Å². The predicted molar refractivity (Wildman–Crippen MR) is 79.6 cm³/mol. The van der Waals surface area contributed by atoms with Crippen LogP contribution in [0.1, 0.15) is 0 Å². The summed E-state index contributed by atoms with van der Waals surface area (Å²) in [5, 5.41) is 21.3. The van der Waals surface area contributed by atoms with Crippen LogP contribution in [0.2, 0.25) is 0 Å². The molecular weight excluding hydrogens is 274 g/mol. The fraction of sp³-hybridized carbons (Fsp3) is 0.357. The molecular formula is C14H17N3O4. The third-order valence-corrected chi connectivity index (χ3v) is 3.18. The molecule has 2 aromatic rings. The number of rotatable bonds is 6. The van der Waals surface area contributed by atoms with E-state index in [4.69, 9.17) is 4.74 Å². The molecule has 0 bridgehead atoms. The molecule has 1 unspecified atom stereocenters. The first-order chi connectivity index (χ1) is 10.0. The smallest absolute Gasteiger partial charge is 0.278 e. The van der Waals surface area contributed by atoms with Gasteiger partial charge in [0, 0.05) is 33.0 Å². The minimum Gasteiger partial charge on any atom is -0.389 e. The Kier molecular flexibility index (Phi) is 4.66. The molecule has 0 aliphatic heterocycles. The number of aliphatic hydroxyl groups excluding tert-OH is 1. The van der Waals surface area contributed by atoms with Gasteiger partial charge < -0.3 is 14.7 Å². The largest absolute Gasteiger partial charge is 0.389 e. The van der Waals surface area contributed by atoms with Crippen LogP contribution in [-0.2, 0) is 4.74 Å². The number of aliphatic hydroxyl groups is 1. The van der Waals surface area contributed by atoms with E-state index in [9.17, 15) is 15.2 Å². The van der Waals surface area contributed by atoms with Crippen LogP contribution in [0.15, 0.2) is 30.5 Å². The SMILES string of the molecule is COCC(O)CN(C)c1ccc([N+](=O)[O-])c2cccnc12. The molecule has 7 nitrogen and oxygen atoms in total. The molecule has 2 rings (SSSR count). The molecule has 1 heterocycles. The number of hydrogen-bond acceptors (Lipinski definition) is 6. The predicted octanol–water partition coefficient (Wildman–Crippen LogP) is 1.59. The Hall–Kier alpha value is -2.25. The van der Waals surface area contributed by atoms with Crippen molar-refractivity contribution in [1.29, 1.82) is 0 Å². The van der Waals surface area contributed by atoms with Crippen LogP contribution in [0.25, 0.3) is 10.9 Å². The maximum Gasteiger partial charge on any atom is 0.278 e. The van der Waals surface area contributed by atoms with E-state index in [1.165, 1.54) is 13.2 Å². The van der Waals surface area contributed by atoms with Gasteiger partial charge >= 0.3 is 0 Å². The van der Waals surface area contributed by atoms with Gasteiger partial charge in [-0.25, -0.2) is 0 Å². The fourth-order valence-electron chi connectivity index (χ4n) is 2.27. The van der Waals surface area contributed by atoms with Crippen molar-refractivity contribution < 1.29 is 14.8 Å². The Bertz CT molecular complexity index is 647. The van der Waals surface area contributed by atoms with E-state index in [-0.39, 0.29) is 12.3 Å². The van der Waals surface area contributed by atoms with Crippen LogP contribution in [0.4, 0.5) is 11.4 Å². The van der Waals surface area contributed by atoms with Gasteiger partial charge in [-0.2, -0.15) is 0 Å². The van der Waals surface area contributed by atoms with Crippen molar-refractivity contribution in [3.8, 4) is 0 Å². The lowest BCUT2D eigenvalue weighted by Crippen LogP contribution is -2.32. The second-order valence-electron chi connectivity index (χ2n) is 4.75. The first-order valence-electron chi connectivity index (χ1n) is 6.45. The summed E-state index contributed by atoms with van der Waals surface area (Å²) in [7, 11) is 3.32. The highest BCUT2D eigenvalue weighted by Gasteiger charge is 2.18. The summed E-state index contributed by atoms with van der Waals surface area (Å²) in [4.78, 5) is 16.7. The van der Waals surface area contributed by atoms with Gasteiger partial charge in [-0.05, 0) is 18.2 Å². The molecule has 0 saturated heterocycles. The zero-order valence-electron chi connectivity index (χ0n) is 11.9. The summed E-state index contributed by atoms with van der Waals surface area (Å²) in [5.74, 6) is 0. The number of aromatic nitrogens is 1. The van der Waals surface area contributed by atoms with Crippen LogP contribution in [-0.4, -0.2) is 48.4 Å². The lowest BCUT2D eigenvalue weighted by molar-refractivity contribution is -0.383. The normalized spacial score (nSPS) is 12.3. The Morgan fingerprint density at radius 1 is 1.48 bits per heavy atom. The Balaban J connectivity index is 2.41. The van der Waals surface area contributed by atoms with E-state index < -0.39 is 11.0 Å². The number of methoxy groups -OCH3 is 1. The molecule has 1 N–H and O–H groups in total. The van der Waals surface area contributed by atoms with Gasteiger partial charge in [-0.3, -0.25) is 15.1 Å². The first-order valence-corrected chi connectivity index (χ1v) is 6.45. The maximum absolute atomic E-state index is 11.1. The van der Waals surface area contributed by atoms with E-state index >= 15 is 0 Å².